The van der Waals surface area contributed by atoms with Gasteiger partial charge in [0, 0.05) is 17.3 Å². The first-order valence-electron chi connectivity index (χ1n) is 8.69. The van der Waals surface area contributed by atoms with Gasteiger partial charge in [-0.2, -0.15) is 4.98 Å². The lowest BCUT2D eigenvalue weighted by Gasteiger charge is -2.34. The number of amides is 1. The number of hydrogen-bond donors (Lipinski definition) is 1. The van der Waals surface area contributed by atoms with Crippen LogP contribution in [0.4, 0.5) is 0 Å². The van der Waals surface area contributed by atoms with Gasteiger partial charge in [-0.1, -0.05) is 30.5 Å². The number of rotatable bonds is 5. The first kappa shape index (κ1) is 16.8. The number of aromatic nitrogens is 4. The molecule has 0 aromatic carbocycles. The van der Waals surface area contributed by atoms with Crippen LogP contribution in [-0.2, 0) is 16.8 Å². The number of thiophene rings is 1. The van der Waals surface area contributed by atoms with Crippen molar-refractivity contribution < 1.29 is 9.32 Å². The van der Waals surface area contributed by atoms with E-state index in [2.05, 4.69) is 25.4 Å². The minimum absolute atomic E-state index is 0.0198. The van der Waals surface area contributed by atoms with E-state index in [4.69, 9.17) is 4.52 Å². The van der Waals surface area contributed by atoms with Crippen molar-refractivity contribution in [2.75, 3.05) is 0 Å². The summed E-state index contributed by atoms with van der Waals surface area (Å²) in [4.78, 5) is 26.4. The summed E-state index contributed by atoms with van der Waals surface area (Å²) in [6, 6.07) is 3.92. The van der Waals surface area contributed by atoms with E-state index in [0.29, 0.717) is 23.8 Å². The number of nitrogens with zero attached hydrogens (tertiary/aromatic N) is 4. The maximum absolute atomic E-state index is 12.6. The largest absolute Gasteiger partial charge is 0.341 e. The highest BCUT2D eigenvalue weighted by atomic mass is 32.1. The van der Waals surface area contributed by atoms with Gasteiger partial charge in [0.15, 0.2) is 0 Å². The molecule has 0 radical (unpaired) electrons. The molecule has 7 nitrogen and oxygen atoms in total. The van der Waals surface area contributed by atoms with E-state index < -0.39 is 5.54 Å². The minimum Gasteiger partial charge on any atom is -0.341 e. The van der Waals surface area contributed by atoms with Crippen molar-refractivity contribution in [3.63, 3.8) is 0 Å². The van der Waals surface area contributed by atoms with E-state index in [-0.39, 0.29) is 5.91 Å². The molecule has 0 aliphatic heterocycles. The van der Waals surface area contributed by atoms with Crippen molar-refractivity contribution in [3.8, 4) is 11.5 Å². The van der Waals surface area contributed by atoms with E-state index in [0.717, 1.165) is 37.0 Å². The minimum atomic E-state index is -0.597. The lowest BCUT2D eigenvalue weighted by Crippen LogP contribution is -2.48. The van der Waals surface area contributed by atoms with E-state index in [1.54, 1.807) is 29.9 Å². The summed E-state index contributed by atoms with van der Waals surface area (Å²) >= 11 is 1.58. The van der Waals surface area contributed by atoms with Gasteiger partial charge in [-0.25, -0.2) is 4.98 Å². The van der Waals surface area contributed by atoms with Gasteiger partial charge in [0.05, 0.1) is 12.6 Å². The monoisotopic (exact) mass is 369 g/mol. The Morgan fingerprint density at radius 2 is 2.15 bits per heavy atom. The Kier molecular flexibility index (Phi) is 4.75. The summed E-state index contributed by atoms with van der Waals surface area (Å²) in [7, 11) is 0. The normalized spacial score (nSPS) is 16.3. The molecular weight excluding hydrogens is 350 g/mol. The zero-order chi connectivity index (χ0) is 17.8. The Labute approximate surface area is 154 Å². The fourth-order valence-electron chi connectivity index (χ4n) is 3.37. The third kappa shape index (κ3) is 3.50. The molecule has 1 aliphatic carbocycles. The van der Waals surface area contributed by atoms with Crippen LogP contribution in [-0.4, -0.2) is 26.0 Å². The lowest BCUT2D eigenvalue weighted by atomic mass is 9.81. The molecule has 1 amide bonds. The molecule has 3 aromatic rings. The Balaban J connectivity index is 1.58. The number of nitrogens with one attached hydrogen (secondary N) is 1. The number of carbonyl (C=O) groups is 1. The molecule has 4 rings (SSSR count). The molecule has 1 N–H and O–H groups in total. The van der Waals surface area contributed by atoms with Gasteiger partial charge in [-0.05, 0) is 24.3 Å². The van der Waals surface area contributed by atoms with E-state index in [9.17, 15) is 4.79 Å². The van der Waals surface area contributed by atoms with E-state index >= 15 is 0 Å². The van der Waals surface area contributed by atoms with Gasteiger partial charge in [0.1, 0.15) is 11.2 Å². The van der Waals surface area contributed by atoms with Crippen molar-refractivity contribution >= 4 is 17.2 Å². The molecular formula is C18H19N5O2S. The van der Waals surface area contributed by atoms with Crippen LogP contribution >= 0.6 is 11.3 Å². The second-order valence-electron chi connectivity index (χ2n) is 6.46. The second kappa shape index (κ2) is 7.33. The summed E-state index contributed by atoms with van der Waals surface area (Å²) in [5, 5.41) is 9.22. The molecule has 3 heterocycles. The predicted molar refractivity (Wildman–Crippen MR) is 96.3 cm³/mol. The third-order valence-corrected chi connectivity index (χ3v) is 5.50. The van der Waals surface area contributed by atoms with Gasteiger partial charge in [0.2, 0.25) is 11.7 Å². The van der Waals surface area contributed by atoms with Gasteiger partial charge in [-0.3, -0.25) is 9.78 Å². The fraction of sp³-hybridized carbons (Fsp3) is 0.389. The lowest BCUT2D eigenvalue weighted by molar-refractivity contribution is -0.123. The van der Waals surface area contributed by atoms with Gasteiger partial charge < -0.3 is 9.84 Å². The Bertz CT molecular complexity index is 857. The van der Waals surface area contributed by atoms with Crippen molar-refractivity contribution in [2.45, 2.75) is 44.1 Å². The first-order valence-corrected chi connectivity index (χ1v) is 9.57. The molecule has 26 heavy (non-hydrogen) atoms. The standard InChI is InChI=1S/C18H19N5O2S/c24-15(11-13-5-4-10-26-13)22-18(6-2-1-3-7-18)17-21-16(23-25-17)14-12-19-8-9-20-14/h4-5,8-10,12H,1-3,6-7,11H2,(H,22,24). The zero-order valence-electron chi connectivity index (χ0n) is 14.2. The van der Waals surface area contributed by atoms with Crippen LogP contribution in [0, 0.1) is 0 Å². The topological polar surface area (TPSA) is 93.8 Å². The van der Waals surface area contributed by atoms with Crippen LogP contribution < -0.4 is 5.32 Å². The molecule has 1 aliphatic rings. The van der Waals surface area contributed by atoms with Crippen molar-refractivity contribution in [2.24, 2.45) is 0 Å². The highest BCUT2D eigenvalue weighted by Gasteiger charge is 2.40. The summed E-state index contributed by atoms with van der Waals surface area (Å²) in [6.45, 7) is 0. The molecule has 0 unspecified atom stereocenters. The predicted octanol–water partition coefficient (Wildman–Crippen LogP) is 3.11. The summed E-state index contributed by atoms with van der Waals surface area (Å²) in [5.41, 5.74) is -0.0431. The first-order chi connectivity index (χ1) is 12.8. The summed E-state index contributed by atoms with van der Waals surface area (Å²) < 4.78 is 5.56. The van der Waals surface area contributed by atoms with Crippen molar-refractivity contribution in [1.82, 2.24) is 25.4 Å². The Morgan fingerprint density at radius 1 is 1.27 bits per heavy atom. The maximum atomic E-state index is 12.6. The summed E-state index contributed by atoms with van der Waals surface area (Å²) in [5.74, 6) is 0.830. The molecule has 1 fully saturated rings. The van der Waals surface area contributed by atoms with Crippen LogP contribution in [0.2, 0.25) is 0 Å². The molecule has 1 saturated carbocycles. The zero-order valence-corrected chi connectivity index (χ0v) is 15.0. The van der Waals surface area contributed by atoms with Crippen molar-refractivity contribution in [1.29, 1.82) is 0 Å². The van der Waals surface area contributed by atoms with E-state index in [1.807, 2.05) is 17.5 Å². The average Bonchev–Trinajstić information content (AvgIpc) is 3.35. The van der Waals surface area contributed by atoms with Gasteiger partial charge in [-0.15, -0.1) is 11.3 Å². The molecule has 3 aromatic heterocycles. The molecule has 0 spiro atoms. The highest BCUT2D eigenvalue weighted by molar-refractivity contribution is 7.10. The number of hydrogen-bond acceptors (Lipinski definition) is 7. The smallest absolute Gasteiger partial charge is 0.252 e. The summed E-state index contributed by atoms with van der Waals surface area (Å²) in [6.07, 6.45) is 9.92. The van der Waals surface area contributed by atoms with Gasteiger partial charge in [0.25, 0.3) is 5.89 Å². The number of carbonyl (C=O) groups excluding carboxylic acids is 1. The average molecular weight is 369 g/mol. The SMILES string of the molecule is O=C(Cc1cccs1)NC1(c2nc(-c3cnccn3)no2)CCCCC1. The quantitative estimate of drug-likeness (QED) is 0.743. The third-order valence-electron chi connectivity index (χ3n) is 4.63. The Hall–Kier alpha value is -2.61. The van der Waals surface area contributed by atoms with Crippen LogP contribution in [0.15, 0.2) is 40.6 Å². The maximum Gasteiger partial charge on any atom is 0.252 e. The molecule has 8 heteroatoms. The second-order valence-corrected chi connectivity index (χ2v) is 7.49. The Morgan fingerprint density at radius 3 is 2.88 bits per heavy atom. The van der Waals surface area contributed by atoms with Crippen LogP contribution in [0.1, 0.15) is 42.9 Å². The van der Waals surface area contributed by atoms with Crippen LogP contribution in [0.25, 0.3) is 11.5 Å². The van der Waals surface area contributed by atoms with Crippen LogP contribution in [0.5, 0.6) is 0 Å². The molecule has 0 bridgehead atoms. The molecule has 0 saturated heterocycles. The molecule has 134 valence electrons. The van der Waals surface area contributed by atoms with Crippen LogP contribution in [0.3, 0.4) is 0 Å². The van der Waals surface area contributed by atoms with Crippen molar-refractivity contribution in [3.05, 3.63) is 46.9 Å². The van der Waals surface area contributed by atoms with Gasteiger partial charge >= 0.3 is 0 Å². The highest BCUT2D eigenvalue weighted by Crippen LogP contribution is 2.37. The molecule has 0 atom stereocenters. The fourth-order valence-corrected chi connectivity index (χ4v) is 4.07. The van der Waals surface area contributed by atoms with E-state index in [1.165, 1.54) is 0 Å².